The van der Waals surface area contributed by atoms with Crippen molar-refractivity contribution in [3.8, 4) is 0 Å². The Hall–Kier alpha value is -2.99. The van der Waals surface area contributed by atoms with E-state index in [4.69, 9.17) is 11.6 Å². The molecule has 2 heterocycles. The molecule has 24 heavy (non-hydrogen) atoms. The second kappa shape index (κ2) is 7.52. The molecule has 0 aliphatic heterocycles. The number of carbonyl (C=O) groups is 1. The molecule has 1 amide bonds. The lowest BCUT2D eigenvalue weighted by Crippen LogP contribution is -2.14. The minimum absolute atomic E-state index is 0.328. The molecule has 0 fully saturated rings. The van der Waals surface area contributed by atoms with E-state index < -0.39 is 0 Å². The first-order chi connectivity index (χ1) is 11.7. The number of nitrogens with zero attached hydrogens (tertiary/aromatic N) is 3. The lowest BCUT2D eigenvalue weighted by Gasteiger charge is -2.07. The monoisotopic (exact) mass is 339 g/mol. The van der Waals surface area contributed by atoms with Gasteiger partial charge in [-0.2, -0.15) is 0 Å². The summed E-state index contributed by atoms with van der Waals surface area (Å²) in [5.41, 5.74) is 1.43. The van der Waals surface area contributed by atoms with Crippen LogP contribution in [-0.4, -0.2) is 21.1 Å². The van der Waals surface area contributed by atoms with Gasteiger partial charge in [0.15, 0.2) is 5.82 Å². The smallest absolute Gasteiger partial charge is 0.258 e. The minimum atomic E-state index is -0.328. The molecule has 0 saturated carbocycles. The van der Waals surface area contributed by atoms with E-state index in [0.717, 1.165) is 5.56 Å². The highest BCUT2D eigenvalue weighted by Crippen LogP contribution is 2.16. The van der Waals surface area contributed by atoms with Crippen molar-refractivity contribution in [3.05, 3.63) is 77.1 Å². The van der Waals surface area contributed by atoms with Gasteiger partial charge in [-0.1, -0.05) is 29.8 Å². The van der Waals surface area contributed by atoms with Crippen molar-refractivity contribution in [3.63, 3.8) is 0 Å². The second-order valence-corrected chi connectivity index (χ2v) is 5.36. The van der Waals surface area contributed by atoms with E-state index in [2.05, 4.69) is 25.8 Å². The predicted octanol–water partition coefficient (Wildman–Crippen LogP) is 3.39. The Morgan fingerprint density at radius 1 is 1.00 bits per heavy atom. The molecule has 120 valence electrons. The third-order valence-corrected chi connectivity index (χ3v) is 3.55. The van der Waals surface area contributed by atoms with Gasteiger partial charge in [-0.15, -0.1) is 10.2 Å². The number of anilines is 2. The largest absolute Gasteiger partial charge is 0.364 e. The van der Waals surface area contributed by atoms with E-state index in [-0.39, 0.29) is 5.91 Å². The van der Waals surface area contributed by atoms with Gasteiger partial charge >= 0.3 is 0 Å². The van der Waals surface area contributed by atoms with Gasteiger partial charge in [-0.3, -0.25) is 9.78 Å². The average Bonchev–Trinajstić information content (AvgIpc) is 2.62. The van der Waals surface area contributed by atoms with Gasteiger partial charge in [0.25, 0.3) is 5.91 Å². The maximum Gasteiger partial charge on any atom is 0.258 e. The zero-order valence-electron chi connectivity index (χ0n) is 12.6. The van der Waals surface area contributed by atoms with Crippen molar-refractivity contribution in [2.45, 2.75) is 6.54 Å². The maximum atomic E-state index is 12.1. The molecule has 0 atom stereocenters. The molecule has 0 saturated heterocycles. The first kappa shape index (κ1) is 15.9. The molecular formula is C17H14ClN5O. The van der Waals surface area contributed by atoms with Crippen molar-refractivity contribution in [1.82, 2.24) is 15.2 Å². The van der Waals surface area contributed by atoms with E-state index >= 15 is 0 Å². The van der Waals surface area contributed by atoms with Gasteiger partial charge in [0.2, 0.25) is 0 Å². The summed E-state index contributed by atoms with van der Waals surface area (Å²) >= 11 is 6.00. The summed E-state index contributed by atoms with van der Waals surface area (Å²) in [6, 6.07) is 14.1. The summed E-state index contributed by atoms with van der Waals surface area (Å²) in [5, 5.41) is 14.2. The van der Waals surface area contributed by atoms with Crippen LogP contribution in [0.3, 0.4) is 0 Å². The molecule has 0 unspecified atom stereocenters. The quantitative estimate of drug-likeness (QED) is 0.744. The molecule has 0 radical (unpaired) electrons. The van der Waals surface area contributed by atoms with Gasteiger partial charge in [-0.25, -0.2) is 0 Å². The molecule has 7 heteroatoms. The number of pyridine rings is 1. The molecular weight excluding hydrogens is 326 g/mol. The van der Waals surface area contributed by atoms with Gasteiger partial charge in [0.05, 0.1) is 10.6 Å². The van der Waals surface area contributed by atoms with Gasteiger partial charge < -0.3 is 10.6 Å². The van der Waals surface area contributed by atoms with Crippen molar-refractivity contribution in [1.29, 1.82) is 0 Å². The van der Waals surface area contributed by atoms with Crippen LogP contribution in [0, 0.1) is 0 Å². The molecule has 3 rings (SSSR count). The Morgan fingerprint density at radius 2 is 1.79 bits per heavy atom. The number of benzene rings is 1. The fourth-order valence-corrected chi connectivity index (χ4v) is 2.24. The third-order valence-electron chi connectivity index (χ3n) is 3.22. The number of hydrogen-bond acceptors (Lipinski definition) is 5. The number of halogens is 1. The zero-order chi connectivity index (χ0) is 16.8. The van der Waals surface area contributed by atoms with E-state index in [0.29, 0.717) is 28.8 Å². The Labute approximate surface area is 143 Å². The van der Waals surface area contributed by atoms with Gasteiger partial charge in [0.1, 0.15) is 5.82 Å². The van der Waals surface area contributed by atoms with Crippen LogP contribution < -0.4 is 10.6 Å². The molecule has 2 N–H and O–H groups in total. The number of nitrogens with one attached hydrogen (secondary N) is 2. The summed E-state index contributed by atoms with van der Waals surface area (Å²) in [7, 11) is 0. The van der Waals surface area contributed by atoms with Crippen molar-refractivity contribution < 1.29 is 4.79 Å². The maximum absolute atomic E-state index is 12.1. The Bertz CT molecular complexity index is 824. The minimum Gasteiger partial charge on any atom is -0.364 e. The normalized spacial score (nSPS) is 10.2. The summed E-state index contributed by atoms with van der Waals surface area (Å²) in [6.45, 7) is 0.591. The van der Waals surface area contributed by atoms with Crippen molar-refractivity contribution in [2.24, 2.45) is 0 Å². The summed E-state index contributed by atoms with van der Waals surface area (Å²) in [4.78, 5) is 16.2. The van der Waals surface area contributed by atoms with E-state index in [1.807, 2.05) is 12.1 Å². The second-order valence-electron chi connectivity index (χ2n) is 4.95. The van der Waals surface area contributed by atoms with Crippen LogP contribution in [0.2, 0.25) is 5.02 Å². The Morgan fingerprint density at radius 3 is 2.50 bits per heavy atom. The molecule has 6 nitrogen and oxygen atoms in total. The molecule has 0 aliphatic rings. The number of rotatable bonds is 5. The first-order valence-corrected chi connectivity index (χ1v) is 7.62. The summed E-state index contributed by atoms with van der Waals surface area (Å²) in [5.74, 6) is 0.632. The standard InChI is InChI=1S/C17H14ClN5O/c18-14-6-2-1-5-13(14)17(24)21-16-8-7-15(22-23-16)20-11-12-4-3-9-19-10-12/h1-10H,11H2,(H,20,22)(H,21,23,24). The molecule has 3 aromatic rings. The Balaban J connectivity index is 1.60. The lowest BCUT2D eigenvalue weighted by molar-refractivity contribution is 0.102. The van der Waals surface area contributed by atoms with E-state index in [9.17, 15) is 4.79 Å². The van der Waals surface area contributed by atoms with E-state index in [1.165, 1.54) is 0 Å². The Kier molecular flexibility index (Phi) is 4.98. The van der Waals surface area contributed by atoms with Gasteiger partial charge in [0, 0.05) is 18.9 Å². The molecule has 0 bridgehead atoms. The SMILES string of the molecule is O=C(Nc1ccc(NCc2cccnc2)nn1)c1ccccc1Cl. The third kappa shape index (κ3) is 4.05. The molecule has 0 aliphatic carbocycles. The predicted molar refractivity (Wildman–Crippen MR) is 93.0 cm³/mol. The van der Waals surface area contributed by atoms with Crippen LogP contribution in [0.4, 0.5) is 11.6 Å². The highest BCUT2D eigenvalue weighted by molar-refractivity contribution is 6.34. The fraction of sp³-hybridized carbons (Fsp3) is 0.0588. The molecule has 2 aromatic heterocycles. The number of aromatic nitrogens is 3. The number of carbonyl (C=O) groups excluding carboxylic acids is 1. The highest BCUT2D eigenvalue weighted by atomic mass is 35.5. The van der Waals surface area contributed by atoms with Crippen LogP contribution in [-0.2, 0) is 6.54 Å². The number of amides is 1. The first-order valence-electron chi connectivity index (χ1n) is 7.25. The zero-order valence-corrected chi connectivity index (χ0v) is 13.4. The van der Waals surface area contributed by atoms with Crippen LogP contribution in [0.1, 0.15) is 15.9 Å². The average molecular weight is 340 g/mol. The summed E-state index contributed by atoms with van der Waals surface area (Å²) < 4.78 is 0. The molecule has 1 aromatic carbocycles. The lowest BCUT2D eigenvalue weighted by atomic mass is 10.2. The van der Waals surface area contributed by atoms with Crippen LogP contribution >= 0.6 is 11.6 Å². The molecule has 0 spiro atoms. The highest BCUT2D eigenvalue weighted by Gasteiger charge is 2.10. The topological polar surface area (TPSA) is 79.8 Å². The van der Waals surface area contributed by atoms with Crippen LogP contribution in [0.5, 0.6) is 0 Å². The van der Waals surface area contributed by atoms with Crippen LogP contribution in [0.15, 0.2) is 60.9 Å². The summed E-state index contributed by atoms with van der Waals surface area (Å²) in [6.07, 6.45) is 3.50. The van der Waals surface area contributed by atoms with Crippen molar-refractivity contribution in [2.75, 3.05) is 10.6 Å². The van der Waals surface area contributed by atoms with Gasteiger partial charge in [-0.05, 0) is 35.9 Å². The van der Waals surface area contributed by atoms with E-state index in [1.54, 1.807) is 48.8 Å². The van der Waals surface area contributed by atoms with Crippen LogP contribution in [0.25, 0.3) is 0 Å². The van der Waals surface area contributed by atoms with Crippen molar-refractivity contribution >= 4 is 29.1 Å². The fourth-order valence-electron chi connectivity index (χ4n) is 2.02. The number of hydrogen-bond donors (Lipinski definition) is 2.